The molecule has 0 aliphatic rings. The molecule has 8 nitrogen and oxygen atoms in total. The van der Waals surface area contributed by atoms with E-state index in [1.165, 1.54) is 7.11 Å². The van der Waals surface area contributed by atoms with Crippen molar-refractivity contribution in [2.45, 2.75) is 31.1 Å². The summed E-state index contributed by atoms with van der Waals surface area (Å²) in [4.78, 5) is 13.0. The van der Waals surface area contributed by atoms with Crippen molar-refractivity contribution in [1.82, 2.24) is 15.0 Å². The van der Waals surface area contributed by atoms with E-state index in [4.69, 9.17) is 21.1 Å². The van der Waals surface area contributed by atoms with E-state index in [1.54, 1.807) is 72.9 Å². The molecule has 1 N–H and O–H groups in total. The number of sulfonamides is 1. The first-order chi connectivity index (χ1) is 17.1. The number of anilines is 1. The zero-order valence-electron chi connectivity index (χ0n) is 20.2. The van der Waals surface area contributed by atoms with Gasteiger partial charge in [0, 0.05) is 6.20 Å². The highest BCUT2D eigenvalue weighted by Crippen LogP contribution is 2.40. The van der Waals surface area contributed by atoms with Gasteiger partial charge in [0.15, 0.2) is 28.3 Å². The SMILES string of the molecule is COc1ccccc1Oc1c(Cl)nc(-c2ccccn2)nc1NS(=O)(=O)c1ccc(C(C)(C)C)cc1. The Balaban J connectivity index is 1.79. The lowest BCUT2D eigenvalue weighted by Crippen LogP contribution is -2.16. The predicted molar refractivity (Wildman–Crippen MR) is 139 cm³/mol. The van der Waals surface area contributed by atoms with Gasteiger partial charge < -0.3 is 9.47 Å². The Hall–Kier alpha value is -3.69. The molecule has 36 heavy (non-hydrogen) atoms. The summed E-state index contributed by atoms with van der Waals surface area (Å²) in [5.41, 5.74) is 1.30. The van der Waals surface area contributed by atoms with Crippen LogP contribution in [-0.4, -0.2) is 30.5 Å². The number of methoxy groups -OCH3 is 1. The smallest absolute Gasteiger partial charge is 0.263 e. The van der Waals surface area contributed by atoms with E-state index in [0.29, 0.717) is 17.2 Å². The fourth-order valence-corrected chi connectivity index (χ4v) is 4.54. The zero-order chi connectivity index (χ0) is 25.9. The molecule has 2 heterocycles. The average Bonchev–Trinajstić information content (AvgIpc) is 2.86. The highest BCUT2D eigenvalue weighted by atomic mass is 35.5. The Morgan fingerprint density at radius 2 is 1.56 bits per heavy atom. The number of pyridine rings is 1. The van der Waals surface area contributed by atoms with Crippen molar-refractivity contribution < 1.29 is 17.9 Å². The van der Waals surface area contributed by atoms with Gasteiger partial charge in [-0.05, 0) is 47.4 Å². The Morgan fingerprint density at radius 3 is 2.17 bits per heavy atom. The molecule has 4 aromatic rings. The highest BCUT2D eigenvalue weighted by molar-refractivity contribution is 7.92. The first kappa shape index (κ1) is 25.4. The van der Waals surface area contributed by atoms with Crippen LogP contribution in [0.25, 0.3) is 11.5 Å². The van der Waals surface area contributed by atoms with Gasteiger partial charge in [0.2, 0.25) is 5.75 Å². The number of aromatic nitrogens is 3. The molecule has 0 atom stereocenters. The maximum Gasteiger partial charge on any atom is 0.263 e. The number of nitrogens with zero attached hydrogens (tertiary/aromatic N) is 3. The molecule has 2 aromatic heterocycles. The van der Waals surface area contributed by atoms with Crippen LogP contribution in [0.5, 0.6) is 17.2 Å². The monoisotopic (exact) mass is 524 g/mol. The van der Waals surface area contributed by atoms with Crippen LogP contribution in [0.15, 0.2) is 77.8 Å². The third-order valence-corrected chi connectivity index (χ3v) is 6.87. The molecular formula is C26H25ClN4O4S. The second-order valence-electron chi connectivity index (χ2n) is 8.86. The number of halogens is 1. The Morgan fingerprint density at radius 1 is 0.889 bits per heavy atom. The molecule has 2 aromatic carbocycles. The molecule has 0 saturated heterocycles. The number of nitrogens with one attached hydrogen (secondary N) is 1. The quantitative estimate of drug-likeness (QED) is 0.292. The first-order valence-corrected chi connectivity index (χ1v) is 12.9. The van der Waals surface area contributed by atoms with Crippen LogP contribution in [0.4, 0.5) is 5.82 Å². The molecule has 0 radical (unpaired) electrons. The van der Waals surface area contributed by atoms with Crippen molar-refractivity contribution in [3.05, 3.63) is 83.6 Å². The lowest BCUT2D eigenvalue weighted by atomic mass is 9.87. The van der Waals surface area contributed by atoms with Gasteiger partial charge in [0.05, 0.1) is 12.0 Å². The minimum absolute atomic E-state index is 0.0628. The van der Waals surface area contributed by atoms with E-state index in [1.807, 2.05) is 0 Å². The van der Waals surface area contributed by atoms with Gasteiger partial charge in [-0.25, -0.2) is 18.4 Å². The Bertz CT molecular complexity index is 1470. The van der Waals surface area contributed by atoms with Crippen molar-refractivity contribution in [3.8, 4) is 28.8 Å². The summed E-state index contributed by atoms with van der Waals surface area (Å²) in [5.74, 6) is 0.658. The lowest BCUT2D eigenvalue weighted by Gasteiger charge is -2.19. The van der Waals surface area contributed by atoms with Crippen LogP contribution in [-0.2, 0) is 15.4 Å². The molecule has 4 rings (SSSR count). The van der Waals surface area contributed by atoms with E-state index in [-0.39, 0.29) is 32.9 Å². The third-order valence-electron chi connectivity index (χ3n) is 5.26. The maximum atomic E-state index is 13.3. The molecule has 10 heteroatoms. The predicted octanol–water partition coefficient (Wildman–Crippen LogP) is 6.09. The molecule has 0 saturated carbocycles. The minimum Gasteiger partial charge on any atom is -0.493 e. The number of ether oxygens (including phenoxy) is 2. The van der Waals surface area contributed by atoms with Gasteiger partial charge in [-0.15, -0.1) is 0 Å². The summed E-state index contributed by atoms with van der Waals surface area (Å²) in [7, 11) is -2.56. The Kier molecular flexibility index (Phi) is 7.14. The highest BCUT2D eigenvalue weighted by Gasteiger charge is 2.24. The molecule has 186 valence electrons. The van der Waals surface area contributed by atoms with Crippen molar-refractivity contribution in [3.63, 3.8) is 0 Å². The number of hydrogen-bond acceptors (Lipinski definition) is 7. The van der Waals surface area contributed by atoms with Gasteiger partial charge in [0.25, 0.3) is 10.0 Å². The minimum atomic E-state index is -4.05. The average molecular weight is 525 g/mol. The van der Waals surface area contributed by atoms with Gasteiger partial charge in [-0.1, -0.05) is 62.7 Å². The Labute approximate surface area is 215 Å². The topological polar surface area (TPSA) is 103 Å². The van der Waals surface area contributed by atoms with E-state index in [9.17, 15) is 8.42 Å². The van der Waals surface area contributed by atoms with E-state index >= 15 is 0 Å². The molecule has 0 spiro atoms. The second kappa shape index (κ2) is 10.1. The van der Waals surface area contributed by atoms with Gasteiger partial charge in [-0.2, -0.15) is 0 Å². The van der Waals surface area contributed by atoms with Crippen LogP contribution in [0.2, 0.25) is 5.15 Å². The number of benzene rings is 2. The zero-order valence-corrected chi connectivity index (χ0v) is 21.8. The van der Waals surface area contributed by atoms with Crippen LogP contribution in [0, 0.1) is 0 Å². The van der Waals surface area contributed by atoms with Crippen LogP contribution >= 0.6 is 11.6 Å². The molecule has 0 unspecified atom stereocenters. The summed E-state index contributed by atoms with van der Waals surface area (Å²) in [6.07, 6.45) is 1.58. The molecule has 0 bridgehead atoms. The normalized spacial score (nSPS) is 11.7. The van der Waals surface area contributed by atoms with Crippen LogP contribution < -0.4 is 14.2 Å². The van der Waals surface area contributed by atoms with Gasteiger partial charge in [-0.3, -0.25) is 9.71 Å². The fourth-order valence-electron chi connectivity index (χ4n) is 3.33. The molecule has 0 aliphatic carbocycles. The maximum absolute atomic E-state index is 13.3. The van der Waals surface area contributed by atoms with E-state index < -0.39 is 10.0 Å². The molecular weight excluding hydrogens is 500 g/mol. The first-order valence-electron chi connectivity index (χ1n) is 11.0. The van der Waals surface area contributed by atoms with Crippen molar-refractivity contribution in [2.75, 3.05) is 11.8 Å². The number of rotatable bonds is 7. The molecule has 0 fully saturated rings. The van der Waals surface area contributed by atoms with Crippen molar-refractivity contribution in [1.29, 1.82) is 0 Å². The van der Waals surface area contributed by atoms with E-state index in [0.717, 1.165) is 5.56 Å². The second-order valence-corrected chi connectivity index (χ2v) is 10.9. The molecule has 0 aliphatic heterocycles. The summed E-state index contributed by atoms with van der Waals surface area (Å²) in [6, 6.07) is 18.7. The fraction of sp³-hybridized carbons (Fsp3) is 0.192. The molecule has 0 amide bonds. The van der Waals surface area contributed by atoms with Crippen LogP contribution in [0.3, 0.4) is 0 Å². The summed E-state index contributed by atoms with van der Waals surface area (Å²) >= 11 is 6.50. The van der Waals surface area contributed by atoms with E-state index in [2.05, 4.69) is 40.4 Å². The summed E-state index contributed by atoms with van der Waals surface area (Å²) in [6.45, 7) is 6.16. The summed E-state index contributed by atoms with van der Waals surface area (Å²) in [5, 5.41) is -0.0997. The van der Waals surface area contributed by atoms with Gasteiger partial charge in [0.1, 0.15) is 5.69 Å². The van der Waals surface area contributed by atoms with Crippen molar-refractivity contribution >= 4 is 27.4 Å². The number of para-hydroxylation sites is 2. The number of hydrogen-bond donors (Lipinski definition) is 1. The summed E-state index contributed by atoms with van der Waals surface area (Å²) < 4.78 is 40.5. The van der Waals surface area contributed by atoms with Crippen molar-refractivity contribution in [2.24, 2.45) is 0 Å². The van der Waals surface area contributed by atoms with Gasteiger partial charge >= 0.3 is 0 Å². The lowest BCUT2D eigenvalue weighted by molar-refractivity contribution is 0.378. The standard InChI is InChI=1S/C26H25ClN4O4S/c1-26(2,3)17-12-14-18(15-13-17)36(32,33)31-25-22(35-21-11-6-5-10-20(21)34-4)23(27)29-24(30-25)19-9-7-8-16-28-19/h5-16H,1-4H3,(H,29,30,31). The third kappa shape index (κ3) is 5.58. The van der Waals surface area contributed by atoms with Crippen LogP contribution in [0.1, 0.15) is 26.3 Å². The largest absolute Gasteiger partial charge is 0.493 e.